The molecular formula is C7H6N4O2. The summed E-state index contributed by atoms with van der Waals surface area (Å²) < 4.78 is 6.35. The fourth-order valence-electron chi connectivity index (χ4n) is 0.882. The van der Waals surface area contributed by atoms with Crippen molar-refractivity contribution in [2.75, 3.05) is 0 Å². The molecule has 0 aromatic carbocycles. The molecule has 2 aromatic rings. The highest BCUT2D eigenvalue weighted by atomic mass is 16.3. The van der Waals surface area contributed by atoms with Gasteiger partial charge in [0.05, 0.1) is 6.26 Å². The molecule has 0 aliphatic rings. The van der Waals surface area contributed by atoms with Gasteiger partial charge in [-0.1, -0.05) is 0 Å². The number of primary amides is 1. The summed E-state index contributed by atoms with van der Waals surface area (Å²) >= 11 is 0. The van der Waals surface area contributed by atoms with Crippen LogP contribution in [0.15, 0.2) is 29.1 Å². The van der Waals surface area contributed by atoms with Gasteiger partial charge in [0.1, 0.15) is 6.33 Å². The van der Waals surface area contributed by atoms with Crippen LogP contribution in [0.2, 0.25) is 0 Å². The number of hydrogen-bond donors (Lipinski definition) is 1. The van der Waals surface area contributed by atoms with Gasteiger partial charge in [-0.2, -0.15) is 4.68 Å². The zero-order valence-corrected chi connectivity index (χ0v) is 6.54. The zero-order valence-electron chi connectivity index (χ0n) is 6.54. The molecule has 2 rings (SSSR count). The lowest BCUT2D eigenvalue weighted by Gasteiger charge is -1.90. The summed E-state index contributed by atoms with van der Waals surface area (Å²) in [6.07, 6.45) is 2.86. The average molecular weight is 178 g/mol. The van der Waals surface area contributed by atoms with E-state index in [2.05, 4.69) is 10.1 Å². The van der Waals surface area contributed by atoms with Crippen molar-refractivity contribution in [1.82, 2.24) is 14.8 Å². The average Bonchev–Trinajstić information content (AvgIpc) is 2.75. The normalized spacial score (nSPS) is 10.2. The Hall–Kier alpha value is -2.11. The molecule has 0 aliphatic carbocycles. The predicted molar refractivity (Wildman–Crippen MR) is 42.1 cm³/mol. The molecule has 1 amide bonds. The zero-order chi connectivity index (χ0) is 9.26. The van der Waals surface area contributed by atoms with E-state index in [1.165, 1.54) is 17.3 Å². The number of aromatic nitrogens is 3. The number of nitrogens with two attached hydrogens (primary N) is 1. The molecule has 0 saturated carbocycles. The van der Waals surface area contributed by atoms with Crippen molar-refractivity contribution >= 4 is 5.91 Å². The maximum Gasteiger partial charge on any atom is 0.288 e. The number of furan rings is 1. The number of carbonyl (C=O) groups is 1. The Morgan fingerprint density at radius 2 is 2.46 bits per heavy atom. The first-order valence-electron chi connectivity index (χ1n) is 3.53. The number of amides is 1. The smallest absolute Gasteiger partial charge is 0.288 e. The maximum atomic E-state index is 10.6. The number of rotatable bonds is 2. The van der Waals surface area contributed by atoms with Crippen molar-refractivity contribution in [3.8, 4) is 5.88 Å². The molecule has 66 valence electrons. The van der Waals surface area contributed by atoms with Crippen molar-refractivity contribution in [2.24, 2.45) is 5.73 Å². The Morgan fingerprint density at radius 1 is 1.62 bits per heavy atom. The van der Waals surface area contributed by atoms with Gasteiger partial charge in [0.2, 0.25) is 11.7 Å². The lowest BCUT2D eigenvalue weighted by Crippen LogP contribution is -2.13. The topological polar surface area (TPSA) is 86.9 Å². The van der Waals surface area contributed by atoms with E-state index in [1.807, 2.05) is 0 Å². The third-order valence-electron chi connectivity index (χ3n) is 1.44. The minimum Gasteiger partial charge on any atom is -0.447 e. The first-order chi connectivity index (χ1) is 6.27. The number of hydrogen-bond acceptors (Lipinski definition) is 4. The van der Waals surface area contributed by atoms with Crippen LogP contribution in [0.4, 0.5) is 0 Å². The standard InChI is InChI=1S/C7H6N4O2/c8-6(12)7-9-4-11(10-7)5-2-1-3-13-5/h1-4H,(H2,8,12). The molecule has 6 heteroatoms. The third-order valence-corrected chi connectivity index (χ3v) is 1.44. The lowest BCUT2D eigenvalue weighted by atomic mass is 10.6. The van der Waals surface area contributed by atoms with E-state index in [0.29, 0.717) is 5.88 Å². The van der Waals surface area contributed by atoms with Gasteiger partial charge in [-0.3, -0.25) is 4.79 Å². The molecule has 0 unspecified atom stereocenters. The van der Waals surface area contributed by atoms with E-state index in [4.69, 9.17) is 10.2 Å². The Balaban J connectivity index is 2.39. The van der Waals surface area contributed by atoms with E-state index >= 15 is 0 Å². The predicted octanol–water partition coefficient (Wildman–Crippen LogP) is -0.0408. The minimum absolute atomic E-state index is 0.0311. The van der Waals surface area contributed by atoms with E-state index in [9.17, 15) is 4.79 Å². The maximum absolute atomic E-state index is 10.6. The fourth-order valence-corrected chi connectivity index (χ4v) is 0.882. The van der Waals surface area contributed by atoms with Gasteiger partial charge in [0.15, 0.2) is 0 Å². The van der Waals surface area contributed by atoms with Crippen LogP contribution in [0.5, 0.6) is 0 Å². The molecule has 0 atom stereocenters. The molecule has 0 radical (unpaired) electrons. The number of carbonyl (C=O) groups excluding carboxylic acids is 1. The van der Waals surface area contributed by atoms with Crippen LogP contribution in [0, 0.1) is 0 Å². The van der Waals surface area contributed by atoms with Crippen LogP contribution in [-0.4, -0.2) is 20.7 Å². The summed E-state index contributed by atoms with van der Waals surface area (Å²) in [5.74, 6) is -0.207. The summed E-state index contributed by atoms with van der Waals surface area (Å²) in [6.45, 7) is 0. The van der Waals surface area contributed by atoms with Crippen molar-refractivity contribution in [2.45, 2.75) is 0 Å². The van der Waals surface area contributed by atoms with Crippen molar-refractivity contribution < 1.29 is 9.21 Å². The van der Waals surface area contributed by atoms with Crippen LogP contribution in [0.3, 0.4) is 0 Å². The molecule has 0 aliphatic heterocycles. The molecule has 2 heterocycles. The monoisotopic (exact) mass is 178 g/mol. The highest BCUT2D eigenvalue weighted by Gasteiger charge is 2.08. The second kappa shape index (κ2) is 2.74. The van der Waals surface area contributed by atoms with Crippen LogP contribution >= 0.6 is 0 Å². The molecule has 2 N–H and O–H groups in total. The summed E-state index contributed by atoms with van der Waals surface area (Å²) in [7, 11) is 0. The first-order valence-corrected chi connectivity index (χ1v) is 3.53. The Morgan fingerprint density at radius 3 is 3.00 bits per heavy atom. The van der Waals surface area contributed by atoms with Gasteiger partial charge >= 0.3 is 0 Å². The number of nitrogens with zero attached hydrogens (tertiary/aromatic N) is 3. The summed E-state index contributed by atoms with van der Waals surface area (Å²) in [5, 5.41) is 3.79. The summed E-state index contributed by atoms with van der Waals surface area (Å²) in [5.41, 5.74) is 4.97. The largest absolute Gasteiger partial charge is 0.447 e. The fraction of sp³-hybridized carbons (Fsp3) is 0. The van der Waals surface area contributed by atoms with Crippen molar-refractivity contribution in [3.63, 3.8) is 0 Å². The van der Waals surface area contributed by atoms with Gasteiger partial charge < -0.3 is 10.2 Å². The van der Waals surface area contributed by atoms with E-state index in [-0.39, 0.29) is 5.82 Å². The third kappa shape index (κ3) is 1.28. The highest BCUT2D eigenvalue weighted by molar-refractivity contribution is 5.88. The Kier molecular flexibility index (Phi) is 1.59. The first kappa shape index (κ1) is 7.53. The van der Waals surface area contributed by atoms with Gasteiger partial charge in [-0.25, -0.2) is 4.98 Å². The summed E-state index contributed by atoms with van der Waals surface area (Å²) in [4.78, 5) is 14.3. The molecule has 13 heavy (non-hydrogen) atoms. The molecule has 2 aromatic heterocycles. The van der Waals surface area contributed by atoms with Gasteiger partial charge in [0.25, 0.3) is 5.91 Å². The SMILES string of the molecule is NC(=O)c1ncn(-c2ccco2)n1. The van der Waals surface area contributed by atoms with Crippen LogP contribution in [-0.2, 0) is 0 Å². The molecule has 0 bridgehead atoms. The minimum atomic E-state index is -0.662. The lowest BCUT2D eigenvalue weighted by molar-refractivity contribution is 0.0990. The second-order valence-electron chi connectivity index (χ2n) is 2.33. The summed E-state index contributed by atoms with van der Waals surface area (Å²) in [6, 6.07) is 3.40. The molecule has 6 nitrogen and oxygen atoms in total. The Labute approximate surface area is 73.0 Å². The van der Waals surface area contributed by atoms with Crippen molar-refractivity contribution in [3.05, 3.63) is 30.5 Å². The van der Waals surface area contributed by atoms with E-state index < -0.39 is 5.91 Å². The molecule has 0 fully saturated rings. The van der Waals surface area contributed by atoms with Crippen molar-refractivity contribution in [1.29, 1.82) is 0 Å². The van der Waals surface area contributed by atoms with E-state index in [0.717, 1.165) is 0 Å². The van der Waals surface area contributed by atoms with Crippen LogP contribution in [0.25, 0.3) is 5.88 Å². The molecule has 0 spiro atoms. The van der Waals surface area contributed by atoms with E-state index in [1.54, 1.807) is 12.1 Å². The van der Waals surface area contributed by atoms with Gasteiger partial charge in [0, 0.05) is 6.07 Å². The Bertz CT molecular complexity index is 417. The van der Waals surface area contributed by atoms with Crippen LogP contribution in [0.1, 0.15) is 10.6 Å². The highest BCUT2D eigenvalue weighted by Crippen LogP contribution is 2.05. The molecule has 0 saturated heterocycles. The second-order valence-corrected chi connectivity index (χ2v) is 2.33. The molecular weight excluding hydrogens is 172 g/mol. The van der Waals surface area contributed by atoms with Gasteiger partial charge in [-0.15, -0.1) is 5.10 Å². The quantitative estimate of drug-likeness (QED) is 0.698. The van der Waals surface area contributed by atoms with Crippen LogP contribution < -0.4 is 5.73 Å². The van der Waals surface area contributed by atoms with Gasteiger partial charge in [-0.05, 0) is 6.07 Å².